The summed E-state index contributed by atoms with van der Waals surface area (Å²) in [7, 11) is 0. The molecule has 0 aliphatic rings. The van der Waals surface area contributed by atoms with Crippen molar-refractivity contribution in [2.24, 2.45) is 0 Å². The molecule has 1 aromatic carbocycles. The number of benzene rings is 1. The quantitative estimate of drug-likeness (QED) is 0.644. The van der Waals surface area contributed by atoms with Crippen molar-refractivity contribution >= 4 is 0 Å². The van der Waals surface area contributed by atoms with Gasteiger partial charge in [0.15, 0.2) is 0 Å². The maximum absolute atomic E-state index is 4.20. The van der Waals surface area contributed by atoms with Gasteiger partial charge < -0.3 is 5.32 Å². The molecule has 2 rings (SSSR count). The third-order valence-electron chi connectivity index (χ3n) is 2.69. The Morgan fingerprint density at radius 1 is 1.28 bits per heavy atom. The van der Waals surface area contributed by atoms with E-state index in [9.17, 15) is 0 Å². The van der Waals surface area contributed by atoms with Gasteiger partial charge in [-0.2, -0.15) is 5.10 Å². The Morgan fingerprint density at radius 2 is 2.06 bits per heavy atom. The third-order valence-corrected chi connectivity index (χ3v) is 2.69. The Kier molecular flexibility index (Phi) is 4.31. The van der Waals surface area contributed by atoms with Crippen molar-refractivity contribution in [1.82, 2.24) is 15.1 Å². The zero-order valence-corrected chi connectivity index (χ0v) is 10.9. The molecule has 0 saturated carbocycles. The van der Waals surface area contributed by atoms with Crippen LogP contribution in [0.1, 0.15) is 19.4 Å². The average Bonchev–Trinajstić information content (AvgIpc) is 2.89. The van der Waals surface area contributed by atoms with Gasteiger partial charge in [-0.25, -0.2) is 4.68 Å². The lowest BCUT2D eigenvalue weighted by Gasteiger charge is -2.05. The van der Waals surface area contributed by atoms with Gasteiger partial charge in [0.2, 0.25) is 0 Å². The second kappa shape index (κ2) is 6.17. The number of rotatable bonds is 5. The second-order valence-electron chi connectivity index (χ2n) is 4.53. The van der Waals surface area contributed by atoms with E-state index < -0.39 is 0 Å². The Labute approximate surface area is 108 Å². The van der Waals surface area contributed by atoms with Crippen molar-refractivity contribution in [1.29, 1.82) is 0 Å². The minimum absolute atomic E-state index is 0.892. The number of aromatic nitrogens is 2. The Hall–Kier alpha value is -1.87. The molecule has 0 spiro atoms. The minimum Gasteiger partial charge on any atom is -0.309 e. The van der Waals surface area contributed by atoms with Gasteiger partial charge in [0, 0.05) is 25.5 Å². The topological polar surface area (TPSA) is 29.9 Å². The first-order valence-electron chi connectivity index (χ1n) is 6.19. The molecule has 1 aromatic heterocycles. The zero-order chi connectivity index (χ0) is 12.8. The van der Waals surface area contributed by atoms with Crippen LogP contribution >= 0.6 is 0 Å². The summed E-state index contributed by atoms with van der Waals surface area (Å²) < 4.78 is 1.86. The van der Waals surface area contributed by atoms with E-state index in [0.717, 1.165) is 18.8 Å². The van der Waals surface area contributed by atoms with Crippen molar-refractivity contribution in [3.8, 4) is 5.69 Å². The maximum Gasteiger partial charge on any atom is 0.0645 e. The summed E-state index contributed by atoms with van der Waals surface area (Å²) in [5.74, 6) is 0. The summed E-state index contributed by atoms with van der Waals surface area (Å²) in [5, 5.41) is 7.59. The Balaban J connectivity index is 1.90. The van der Waals surface area contributed by atoms with Crippen LogP contribution < -0.4 is 5.32 Å². The van der Waals surface area contributed by atoms with E-state index in [-0.39, 0.29) is 0 Å². The number of hydrogen-bond acceptors (Lipinski definition) is 2. The zero-order valence-electron chi connectivity index (χ0n) is 10.9. The molecule has 0 radical (unpaired) electrons. The smallest absolute Gasteiger partial charge is 0.0645 e. The van der Waals surface area contributed by atoms with Gasteiger partial charge in [-0.1, -0.05) is 23.8 Å². The summed E-state index contributed by atoms with van der Waals surface area (Å²) in [4.78, 5) is 0. The average molecular weight is 241 g/mol. The van der Waals surface area contributed by atoms with Crippen LogP contribution in [0.2, 0.25) is 0 Å². The number of nitrogens with one attached hydrogen (secondary N) is 1. The first-order valence-corrected chi connectivity index (χ1v) is 6.19. The highest BCUT2D eigenvalue weighted by atomic mass is 15.3. The third kappa shape index (κ3) is 3.57. The molecule has 0 saturated heterocycles. The largest absolute Gasteiger partial charge is 0.309 e. The normalized spacial score (nSPS) is 10.3. The fraction of sp³-hybridized carbons (Fsp3) is 0.267. The summed E-state index contributed by atoms with van der Waals surface area (Å²) in [6.45, 7) is 6.04. The number of nitrogens with zero attached hydrogens (tertiary/aromatic N) is 2. The van der Waals surface area contributed by atoms with Gasteiger partial charge in [-0.3, -0.25) is 0 Å². The van der Waals surface area contributed by atoms with Gasteiger partial charge in [0.05, 0.1) is 5.69 Å². The Bertz CT molecular complexity index is 491. The predicted molar refractivity (Wildman–Crippen MR) is 74.7 cm³/mol. The lowest BCUT2D eigenvalue weighted by Crippen LogP contribution is -2.13. The fourth-order valence-corrected chi connectivity index (χ4v) is 1.68. The predicted octanol–water partition coefficient (Wildman–Crippen LogP) is 2.93. The van der Waals surface area contributed by atoms with E-state index in [4.69, 9.17) is 0 Å². The number of hydrogen-bond donors (Lipinski definition) is 1. The molecule has 0 unspecified atom stereocenters. The van der Waals surface area contributed by atoms with Crippen LogP contribution in [0.5, 0.6) is 0 Å². The molecule has 0 aliphatic carbocycles. The molecule has 0 fully saturated rings. The molecule has 2 aromatic rings. The standard InChI is InChI=1S/C15H19N3/c1-13(2)8-10-16-12-14-4-6-15(7-5-14)18-11-3-9-17-18/h3-9,11,16H,10,12H2,1-2H3. The first kappa shape index (κ1) is 12.6. The maximum atomic E-state index is 4.20. The number of allylic oxidation sites excluding steroid dienone is 1. The Morgan fingerprint density at radius 3 is 2.67 bits per heavy atom. The molecule has 1 N–H and O–H groups in total. The van der Waals surface area contributed by atoms with E-state index in [0.29, 0.717) is 0 Å². The summed E-state index contributed by atoms with van der Waals surface area (Å²) in [6.07, 6.45) is 5.93. The highest BCUT2D eigenvalue weighted by Gasteiger charge is 1.96. The lowest BCUT2D eigenvalue weighted by molar-refractivity contribution is 0.756. The molecule has 3 heteroatoms. The van der Waals surface area contributed by atoms with E-state index in [1.807, 2.05) is 16.9 Å². The molecule has 0 aliphatic heterocycles. The van der Waals surface area contributed by atoms with Gasteiger partial charge in [-0.05, 0) is 37.6 Å². The van der Waals surface area contributed by atoms with Crippen LogP contribution in [0, 0.1) is 0 Å². The van der Waals surface area contributed by atoms with Crippen LogP contribution in [0.25, 0.3) is 5.69 Å². The van der Waals surface area contributed by atoms with Crippen LogP contribution in [-0.4, -0.2) is 16.3 Å². The van der Waals surface area contributed by atoms with E-state index >= 15 is 0 Å². The van der Waals surface area contributed by atoms with Crippen molar-refractivity contribution in [3.63, 3.8) is 0 Å². The molecule has 0 amide bonds. The van der Waals surface area contributed by atoms with Gasteiger partial charge in [-0.15, -0.1) is 0 Å². The lowest BCUT2D eigenvalue weighted by atomic mass is 10.2. The summed E-state index contributed by atoms with van der Waals surface area (Å²) >= 11 is 0. The van der Waals surface area contributed by atoms with E-state index in [1.54, 1.807) is 6.20 Å². The highest BCUT2D eigenvalue weighted by molar-refractivity contribution is 5.33. The molecule has 0 atom stereocenters. The summed E-state index contributed by atoms with van der Waals surface area (Å²) in [5.41, 5.74) is 3.72. The molecular formula is C15H19N3. The van der Waals surface area contributed by atoms with Crippen LogP contribution in [0.15, 0.2) is 54.4 Å². The van der Waals surface area contributed by atoms with Crippen LogP contribution in [0.3, 0.4) is 0 Å². The molecule has 94 valence electrons. The molecule has 0 bridgehead atoms. The van der Waals surface area contributed by atoms with Gasteiger partial charge >= 0.3 is 0 Å². The van der Waals surface area contributed by atoms with E-state index in [1.165, 1.54) is 11.1 Å². The highest BCUT2D eigenvalue weighted by Crippen LogP contribution is 2.08. The summed E-state index contributed by atoms with van der Waals surface area (Å²) in [6, 6.07) is 10.4. The van der Waals surface area contributed by atoms with Gasteiger partial charge in [0.25, 0.3) is 0 Å². The molecule has 18 heavy (non-hydrogen) atoms. The van der Waals surface area contributed by atoms with E-state index in [2.05, 4.69) is 54.6 Å². The molecule has 1 heterocycles. The molecule has 3 nitrogen and oxygen atoms in total. The first-order chi connectivity index (χ1) is 8.75. The second-order valence-corrected chi connectivity index (χ2v) is 4.53. The minimum atomic E-state index is 0.892. The van der Waals surface area contributed by atoms with Gasteiger partial charge in [0.1, 0.15) is 0 Å². The van der Waals surface area contributed by atoms with Crippen molar-refractivity contribution < 1.29 is 0 Å². The van der Waals surface area contributed by atoms with Crippen molar-refractivity contribution in [2.75, 3.05) is 6.54 Å². The van der Waals surface area contributed by atoms with Crippen molar-refractivity contribution in [3.05, 3.63) is 59.9 Å². The monoisotopic (exact) mass is 241 g/mol. The van der Waals surface area contributed by atoms with Crippen LogP contribution in [-0.2, 0) is 6.54 Å². The van der Waals surface area contributed by atoms with Crippen molar-refractivity contribution in [2.45, 2.75) is 20.4 Å². The molecular weight excluding hydrogens is 222 g/mol. The fourth-order valence-electron chi connectivity index (χ4n) is 1.68. The SMILES string of the molecule is CC(C)=CCNCc1ccc(-n2cccn2)cc1. The van der Waals surface area contributed by atoms with Crippen LogP contribution in [0.4, 0.5) is 0 Å².